The number of likely N-dealkylation sites (tertiary alicyclic amines) is 1. The summed E-state index contributed by atoms with van der Waals surface area (Å²) >= 11 is 2.61. The zero-order valence-electron chi connectivity index (χ0n) is 84.4. The molecule has 149 heavy (non-hydrogen) atoms. The molecule has 20 N–H and O–H groups in total. The van der Waals surface area contributed by atoms with Gasteiger partial charge in [0.25, 0.3) is 0 Å². The van der Waals surface area contributed by atoms with Crippen molar-refractivity contribution in [3.63, 3.8) is 0 Å². The van der Waals surface area contributed by atoms with E-state index in [0.717, 1.165) is 15.0 Å². The van der Waals surface area contributed by atoms with Gasteiger partial charge in [-0.3, -0.25) is 91.1 Å². The third-order valence-electron chi connectivity index (χ3n) is 27.7. The first-order chi connectivity index (χ1) is 70.9. The van der Waals surface area contributed by atoms with Crippen LogP contribution < -0.4 is 85.5 Å². The zero-order chi connectivity index (χ0) is 108. The zero-order valence-corrected chi connectivity index (χ0v) is 86.1. The van der Waals surface area contributed by atoms with E-state index in [1.54, 1.807) is 104 Å². The van der Waals surface area contributed by atoms with Crippen LogP contribution in [0.15, 0.2) is 125 Å². The number of aromatic carboxylic acids is 1. The molecule has 3 aromatic carbocycles. The maximum atomic E-state index is 16.2. The molecule has 43 nitrogen and oxygen atoms in total. The molecule has 6 aliphatic rings. The summed E-state index contributed by atoms with van der Waals surface area (Å²) in [4.78, 5) is 311. The Labute approximate surface area is 869 Å². The van der Waals surface area contributed by atoms with Gasteiger partial charge in [-0.25, -0.2) is 9.59 Å². The van der Waals surface area contributed by atoms with E-state index < -0.39 is 251 Å². The second-order valence-corrected chi connectivity index (χ2v) is 42.1. The van der Waals surface area contributed by atoms with E-state index in [2.05, 4.69) is 79.8 Å². The van der Waals surface area contributed by atoms with Crippen molar-refractivity contribution in [3.8, 4) is 0 Å². The Bertz CT molecular complexity index is 5820. The first-order valence-corrected chi connectivity index (χ1v) is 52.3. The standard InChI is InChI=1S/C104H136N18O25S2/c1-61(83(105)129)107-85(131)71-35-36-80(124)106-45-24-18-33-70-91(137)120-103(97(144)115-73(53-66-37-49-148-58-66)87(133)113-75(88(134)110-71)54-68-59-149-79-34-17-16-32-69(68)79)44-47-121(60-103)99(146)147-48-25-12-8-7-9-19-38-102(39-20-10-11-21-42-104(43-27-46-122(104)63(3)123)98(145)117-77(56-82(127)128)90(136)114-78(93(139)119-102)57-100(4,5)6)96(143)116-76(55-81(125)126)89(135)112-74(52-65-30-26-31-67(50-65)94(140)141)92(138)118-101(40-22-23-41-101)95(142)108-62(2)84(130)111-72(86(132)109-70)51-64-28-14-13-15-29-64/h7-8,11,13-17,21,26,28-32,34,37,49-50,58-59,61-62,70-78H,9-10,12,18-20,22-25,27,33,35-36,38-48,51-57,60H2,1-6H3,(H2,105,129)(H,106,124)(H,107,131)(H,108,142)(H,109,132)(H,110,134)(H,111,130)(H,112,135)(H,113,133)(H,114,136)(H,115,144)(H,116,143)(H,117,145)(H,118,138)(H,119,139)(H,120,137)(H,125,126)(H,127,128)(H,140,141)/b8-7-,21-11-/t61-,62-,70-,71-,72-,73-,74-,75-,76-,77-,78-,102-,103-,104-/m0/s1. The van der Waals surface area contributed by atoms with E-state index in [9.17, 15) is 63.3 Å². The number of nitrogens with two attached hydrogens (primary N) is 1. The van der Waals surface area contributed by atoms with Crippen molar-refractivity contribution in [1.82, 2.24) is 89.6 Å². The Hall–Kier alpha value is -14.5. The van der Waals surface area contributed by atoms with Crippen LogP contribution in [0, 0.1) is 5.41 Å². The first-order valence-electron chi connectivity index (χ1n) is 50.5. The van der Waals surface area contributed by atoms with Crippen LogP contribution in [0.2, 0.25) is 0 Å². The number of benzene rings is 3. The van der Waals surface area contributed by atoms with Gasteiger partial charge in [0.2, 0.25) is 100 Å². The number of ether oxygens (including phenoxy) is 1. The summed E-state index contributed by atoms with van der Waals surface area (Å²) in [5.74, 6) is -21.0. The van der Waals surface area contributed by atoms with E-state index in [-0.39, 0.29) is 185 Å². The number of nitrogens with one attached hydrogen (secondary N) is 15. The van der Waals surface area contributed by atoms with Crippen LogP contribution in [0.5, 0.6) is 0 Å². The first kappa shape index (κ1) is 115. The fourth-order valence-corrected chi connectivity index (χ4v) is 21.2. The number of nitrogens with zero attached hydrogens (tertiary/aromatic N) is 2. The van der Waals surface area contributed by atoms with Crippen LogP contribution in [-0.2, 0) is 122 Å². The average molecular weight is 2100 g/mol. The Morgan fingerprint density at radius 1 is 0.510 bits per heavy atom. The van der Waals surface area contributed by atoms with Gasteiger partial charge >= 0.3 is 24.0 Å². The molecular formula is C104H136N18O25S2. The van der Waals surface area contributed by atoms with Crippen molar-refractivity contribution in [1.29, 1.82) is 0 Å². The highest BCUT2D eigenvalue weighted by molar-refractivity contribution is 7.17. The van der Waals surface area contributed by atoms with Gasteiger partial charge in [0, 0.05) is 63.4 Å². The van der Waals surface area contributed by atoms with E-state index in [1.807, 2.05) is 18.2 Å². The van der Waals surface area contributed by atoms with Crippen molar-refractivity contribution in [2.75, 3.05) is 32.8 Å². The molecule has 5 aromatic rings. The molecule has 1 aliphatic carbocycles. The summed E-state index contributed by atoms with van der Waals surface area (Å²) < 4.78 is 6.73. The average Bonchev–Trinajstić information content (AvgIpc) is 1.66. The minimum atomic E-state index is -2.22. The van der Waals surface area contributed by atoms with Crippen LogP contribution in [0.25, 0.3) is 10.1 Å². The molecule has 0 unspecified atom stereocenters. The number of amides is 18. The number of rotatable bonds is 17. The molecule has 2 aromatic heterocycles. The quantitative estimate of drug-likeness (QED) is 0.0594. The molecule has 18 amide bonds. The van der Waals surface area contributed by atoms with Crippen LogP contribution in [-0.4, -0.2) is 271 Å². The van der Waals surface area contributed by atoms with Crippen molar-refractivity contribution in [2.45, 2.75) is 310 Å². The summed E-state index contributed by atoms with van der Waals surface area (Å²) in [6.07, 6.45) is 1.34. The molecular weight excluding hydrogens is 1970 g/mol. The SMILES string of the molecule is CC(=O)N1CCC[C@]12C/C=C\CCC[C@]1(CCC/C=C\CCCOC(=O)N3CC[C@@]4(C3)NC(=O)[C@H](CCCCNC(=O)CC[C@@H](C(=O)N[C@@H](C)C(N)=O)NC(=O)[C@H](Cc3csc5ccccc35)NC(=O)[C@H](Cc3ccsc3)NC4=O)NC(=O)[C@H](Cc3ccccc3)NC(=O)[C@H](C)NC(=O)C3(CCCC3)NC(=O)[C@H](Cc3cccc(C(=O)O)c3)NC(=O)[C@H](CC(=O)O)NC1=O)NC(=O)[C@H](CC(C)(C)C)NC(=O)[C@H](CC(=O)O)NC2=O. The molecule has 4 spiro atoms. The van der Waals surface area contributed by atoms with Crippen LogP contribution >= 0.6 is 22.7 Å². The fraction of sp³-hybridized carbons (Fsp3) is 0.529. The number of cyclic esters (lactones) is 1. The predicted molar refractivity (Wildman–Crippen MR) is 545 cm³/mol. The number of carboxylic acid groups (broad SMARTS) is 3. The summed E-state index contributed by atoms with van der Waals surface area (Å²) in [6, 6.07) is 4.12. The number of carbonyl (C=O) groups excluding carboxylic acids is 18. The van der Waals surface area contributed by atoms with E-state index >= 15 is 52.7 Å². The lowest BCUT2D eigenvalue weighted by molar-refractivity contribution is -0.146. The Kier molecular flexibility index (Phi) is 40.7. The third kappa shape index (κ3) is 32.0. The lowest BCUT2D eigenvalue weighted by Gasteiger charge is -2.38. The summed E-state index contributed by atoms with van der Waals surface area (Å²) in [7, 11) is 0. The lowest BCUT2D eigenvalue weighted by Crippen LogP contribution is -2.67. The highest BCUT2D eigenvalue weighted by Crippen LogP contribution is 2.37. The molecule has 45 heteroatoms. The third-order valence-corrected chi connectivity index (χ3v) is 29.5. The van der Waals surface area contributed by atoms with E-state index in [0.29, 0.717) is 23.1 Å². The number of hydrogen-bond acceptors (Lipinski definition) is 24. The number of allylic oxidation sites excluding steroid dienone is 3. The number of primary amides is 1. The fourth-order valence-electron chi connectivity index (χ4n) is 19.5. The van der Waals surface area contributed by atoms with Gasteiger partial charge in [0.1, 0.15) is 88.6 Å². The van der Waals surface area contributed by atoms with Gasteiger partial charge < -0.3 is 115 Å². The molecule has 3 bridgehead atoms. The maximum Gasteiger partial charge on any atom is 0.409 e. The molecule has 5 aliphatic heterocycles. The Morgan fingerprint density at radius 3 is 1.70 bits per heavy atom. The molecule has 14 atom stereocenters. The van der Waals surface area contributed by atoms with Gasteiger partial charge in [0.05, 0.1) is 31.6 Å². The largest absolute Gasteiger partial charge is 0.481 e. The number of aliphatic carboxylic acids is 2. The van der Waals surface area contributed by atoms with E-state index in [4.69, 9.17) is 10.5 Å². The molecule has 7 heterocycles. The van der Waals surface area contributed by atoms with Gasteiger partial charge in [-0.1, -0.05) is 119 Å². The molecule has 11 rings (SSSR count). The number of carboxylic acids is 3. The Morgan fingerprint density at radius 2 is 1.05 bits per heavy atom. The van der Waals surface area contributed by atoms with Crippen molar-refractivity contribution >= 4 is 157 Å². The summed E-state index contributed by atoms with van der Waals surface area (Å²) in [5.41, 5.74) is -1.84. The van der Waals surface area contributed by atoms with Gasteiger partial charge in [-0.2, -0.15) is 11.3 Å². The van der Waals surface area contributed by atoms with Crippen LogP contribution in [0.3, 0.4) is 0 Å². The van der Waals surface area contributed by atoms with Crippen molar-refractivity contribution < 1.29 is 121 Å². The second kappa shape index (κ2) is 52.9. The molecule has 4 fully saturated rings. The highest BCUT2D eigenvalue weighted by atomic mass is 32.1. The van der Waals surface area contributed by atoms with Gasteiger partial charge in [0.15, 0.2) is 0 Å². The number of fused-ring (bicyclic) bond motifs is 4. The summed E-state index contributed by atoms with van der Waals surface area (Å²) in [5, 5.41) is 78.0. The monoisotopic (exact) mass is 2100 g/mol. The Balaban J connectivity index is 0.985. The highest BCUT2D eigenvalue weighted by Gasteiger charge is 2.54. The van der Waals surface area contributed by atoms with E-state index in [1.165, 1.54) is 72.6 Å². The van der Waals surface area contributed by atoms with Gasteiger partial charge in [-0.15, -0.1) is 11.3 Å². The normalized spacial score (nSPS) is 26.9. The van der Waals surface area contributed by atoms with Gasteiger partial charge in [-0.05, 0) is 209 Å². The lowest BCUT2D eigenvalue weighted by atomic mass is 9.83. The number of thiophene rings is 2. The van der Waals surface area contributed by atoms with Crippen LogP contribution in [0.4, 0.5) is 4.79 Å². The smallest absolute Gasteiger partial charge is 0.409 e. The second-order valence-electron chi connectivity index (χ2n) is 40.4. The van der Waals surface area contributed by atoms with Crippen molar-refractivity contribution in [3.05, 3.63) is 153 Å². The van der Waals surface area contributed by atoms with Crippen LogP contribution in [0.1, 0.15) is 228 Å². The number of carbonyl (C=O) groups is 21. The summed E-state index contributed by atoms with van der Waals surface area (Å²) in [6.45, 7) is 7.86. The molecule has 0 radical (unpaired) electrons. The van der Waals surface area contributed by atoms with Crippen molar-refractivity contribution in [2.24, 2.45) is 11.1 Å². The minimum Gasteiger partial charge on any atom is -0.481 e. The number of hydrogen-bond donors (Lipinski definition) is 19. The minimum absolute atomic E-state index is 0.00320. The maximum absolute atomic E-state index is 16.2. The predicted octanol–water partition coefficient (Wildman–Crippen LogP) is 3.27. The molecule has 3 saturated heterocycles. The molecule has 804 valence electrons. The molecule has 1 saturated carbocycles. The topological polar surface area (TPSA) is 641 Å².